The molecule has 2 heterocycles. The standard InChI is InChI=1S/C21H34N4O2/c1-23(17-18-5-3-2-4-6-18)9-10-24-11-13-25(14-12-24)21(26)20(22)19-7-15-27-16-8-19/h2-6,19-20H,7-17,22H2,1H3. The molecular weight excluding hydrogens is 340 g/mol. The Hall–Kier alpha value is -1.47. The van der Waals surface area contributed by atoms with E-state index in [0.717, 1.165) is 71.9 Å². The highest BCUT2D eigenvalue weighted by Gasteiger charge is 2.31. The molecule has 3 rings (SSSR count). The van der Waals surface area contributed by atoms with E-state index in [1.54, 1.807) is 0 Å². The first-order valence-corrected chi connectivity index (χ1v) is 10.2. The Morgan fingerprint density at radius 2 is 1.85 bits per heavy atom. The molecule has 0 aromatic heterocycles. The Morgan fingerprint density at radius 1 is 1.19 bits per heavy atom. The van der Waals surface area contributed by atoms with Crippen LogP contribution in [0.4, 0.5) is 0 Å². The van der Waals surface area contributed by atoms with Crippen molar-refractivity contribution in [2.45, 2.75) is 25.4 Å². The largest absolute Gasteiger partial charge is 0.381 e. The Kier molecular flexibility index (Phi) is 7.64. The highest BCUT2D eigenvalue weighted by molar-refractivity contribution is 5.82. The molecule has 1 amide bonds. The molecule has 0 radical (unpaired) electrons. The Labute approximate surface area is 163 Å². The number of carbonyl (C=O) groups is 1. The van der Waals surface area contributed by atoms with Crippen molar-refractivity contribution in [3.8, 4) is 0 Å². The van der Waals surface area contributed by atoms with E-state index < -0.39 is 0 Å². The quantitative estimate of drug-likeness (QED) is 0.772. The van der Waals surface area contributed by atoms with Gasteiger partial charge in [0.15, 0.2) is 0 Å². The number of piperazine rings is 1. The first-order chi connectivity index (χ1) is 13.1. The highest BCUT2D eigenvalue weighted by atomic mass is 16.5. The van der Waals surface area contributed by atoms with Crippen LogP contribution in [-0.4, -0.2) is 86.2 Å². The second-order valence-electron chi connectivity index (χ2n) is 7.87. The lowest BCUT2D eigenvalue weighted by Crippen LogP contribution is -2.55. The van der Waals surface area contributed by atoms with E-state index in [1.165, 1.54) is 5.56 Å². The van der Waals surface area contributed by atoms with Crippen molar-refractivity contribution >= 4 is 5.91 Å². The van der Waals surface area contributed by atoms with E-state index >= 15 is 0 Å². The first kappa shape index (κ1) is 20.3. The Bertz CT molecular complexity index is 569. The zero-order valence-corrected chi connectivity index (χ0v) is 16.6. The maximum atomic E-state index is 12.7. The summed E-state index contributed by atoms with van der Waals surface area (Å²) in [6.07, 6.45) is 1.81. The summed E-state index contributed by atoms with van der Waals surface area (Å²) in [5.41, 5.74) is 7.61. The molecule has 1 aromatic carbocycles. The topological polar surface area (TPSA) is 62.0 Å². The number of hydrogen-bond donors (Lipinski definition) is 1. The molecule has 150 valence electrons. The van der Waals surface area contributed by atoms with E-state index in [-0.39, 0.29) is 17.9 Å². The van der Waals surface area contributed by atoms with Crippen LogP contribution < -0.4 is 5.73 Å². The summed E-state index contributed by atoms with van der Waals surface area (Å²) in [4.78, 5) is 19.5. The van der Waals surface area contributed by atoms with Crippen LogP contribution in [0.3, 0.4) is 0 Å². The van der Waals surface area contributed by atoms with Crippen molar-refractivity contribution in [3.05, 3.63) is 35.9 Å². The fourth-order valence-electron chi connectivity index (χ4n) is 3.97. The summed E-state index contributed by atoms with van der Waals surface area (Å²) in [6, 6.07) is 10.2. The summed E-state index contributed by atoms with van der Waals surface area (Å²) in [7, 11) is 2.17. The van der Waals surface area contributed by atoms with Crippen molar-refractivity contribution in [1.29, 1.82) is 0 Å². The fourth-order valence-corrected chi connectivity index (χ4v) is 3.97. The van der Waals surface area contributed by atoms with Gasteiger partial charge in [-0.15, -0.1) is 0 Å². The molecule has 27 heavy (non-hydrogen) atoms. The zero-order valence-electron chi connectivity index (χ0n) is 16.6. The SMILES string of the molecule is CN(CCN1CCN(C(=O)C(N)C2CCOCC2)CC1)Cc1ccccc1. The van der Waals surface area contributed by atoms with E-state index in [4.69, 9.17) is 10.5 Å². The third-order valence-electron chi connectivity index (χ3n) is 5.84. The van der Waals surface area contributed by atoms with Crippen molar-refractivity contribution in [2.24, 2.45) is 11.7 Å². The van der Waals surface area contributed by atoms with Crippen LogP contribution in [0.15, 0.2) is 30.3 Å². The minimum Gasteiger partial charge on any atom is -0.381 e. The van der Waals surface area contributed by atoms with Crippen molar-refractivity contribution in [3.63, 3.8) is 0 Å². The molecule has 2 fully saturated rings. The molecule has 6 nitrogen and oxygen atoms in total. The maximum Gasteiger partial charge on any atom is 0.239 e. The van der Waals surface area contributed by atoms with Crippen molar-refractivity contribution in [1.82, 2.24) is 14.7 Å². The number of hydrogen-bond acceptors (Lipinski definition) is 5. The molecule has 6 heteroatoms. The zero-order chi connectivity index (χ0) is 19.1. The van der Waals surface area contributed by atoms with Crippen LogP contribution >= 0.6 is 0 Å². The lowest BCUT2D eigenvalue weighted by atomic mass is 9.91. The second-order valence-corrected chi connectivity index (χ2v) is 7.87. The average Bonchev–Trinajstić information content (AvgIpc) is 2.73. The van der Waals surface area contributed by atoms with Gasteiger partial charge in [0.1, 0.15) is 0 Å². The van der Waals surface area contributed by atoms with Gasteiger partial charge in [0, 0.05) is 59.0 Å². The van der Waals surface area contributed by atoms with Crippen molar-refractivity contribution in [2.75, 3.05) is 59.5 Å². The summed E-state index contributed by atoms with van der Waals surface area (Å²) in [5, 5.41) is 0. The van der Waals surface area contributed by atoms with Crippen LogP contribution in [-0.2, 0) is 16.1 Å². The van der Waals surface area contributed by atoms with Gasteiger partial charge in [-0.25, -0.2) is 0 Å². The monoisotopic (exact) mass is 374 g/mol. The number of ether oxygens (including phenoxy) is 1. The van der Waals surface area contributed by atoms with Gasteiger partial charge >= 0.3 is 0 Å². The molecule has 2 N–H and O–H groups in total. The molecule has 1 unspecified atom stereocenters. The van der Waals surface area contributed by atoms with Crippen LogP contribution in [0, 0.1) is 5.92 Å². The van der Waals surface area contributed by atoms with Crippen LogP contribution in [0.25, 0.3) is 0 Å². The molecule has 2 aliphatic heterocycles. The summed E-state index contributed by atoms with van der Waals surface area (Å²) in [5.74, 6) is 0.402. The van der Waals surface area contributed by atoms with Gasteiger partial charge in [0.2, 0.25) is 5.91 Å². The minimum absolute atomic E-state index is 0.128. The van der Waals surface area contributed by atoms with Gasteiger partial charge in [0.25, 0.3) is 0 Å². The van der Waals surface area contributed by atoms with E-state index in [1.807, 2.05) is 4.90 Å². The third kappa shape index (κ3) is 6.01. The summed E-state index contributed by atoms with van der Waals surface area (Å²) in [6.45, 7) is 7.96. The van der Waals surface area contributed by atoms with E-state index in [2.05, 4.69) is 47.2 Å². The second kappa shape index (κ2) is 10.2. The molecule has 0 spiro atoms. The fraction of sp³-hybridized carbons (Fsp3) is 0.667. The molecule has 1 aromatic rings. The lowest BCUT2D eigenvalue weighted by molar-refractivity contribution is -0.136. The molecule has 2 aliphatic rings. The Morgan fingerprint density at radius 3 is 2.52 bits per heavy atom. The van der Waals surface area contributed by atoms with Gasteiger partial charge in [-0.2, -0.15) is 0 Å². The van der Waals surface area contributed by atoms with Gasteiger partial charge < -0.3 is 20.3 Å². The predicted molar refractivity (Wildman–Crippen MR) is 107 cm³/mol. The van der Waals surface area contributed by atoms with Crippen LogP contribution in [0.5, 0.6) is 0 Å². The van der Waals surface area contributed by atoms with E-state index in [9.17, 15) is 4.79 Å². The average molecular weight is 375 g/mol. The summed E-state index contributed by atoms with van der Waals surface area (Å²) < 4.78 is 5.38. The lowest BCUT2D eigenvalue weighted by Gasteiger charge is -2.38. The molecule has 2 saturated heterocycles. The van der Waals surface area contributed by atoms with Crippen LogP contribution in [0.1, 0.15) is 18.4 Å². The van der Waals surface area contributed by atoms with E-state index in [0.29, 0.717) is 0 Å². The molecule has 0 bridgehead atoms. The maximum absolute atomic E-state index is 12.7. The van der Waals surface area contributed by atoms with Crippen LogP contribution in [0.2, 0.25) is 0 Å². The first-order valence-electron chi connectivity index (χ1n) is 10.2. The molecule has 0 aliphatic carbocycles. The molecular formula is C21H34N4O2. The van der Waals surface area contributed by atoms with Gasteiger partial charge in [0.05, 0.1) is 6.04 Å². The highest BCUT2D eigenvalue weighted by Crippen LogP contribution is 2.19. The number of likely N-dealkylation sites (N-methyl/N-ethyl adjacent to an activating group) is 1. The molecule has 0 saturated carbocycles. The minimum atomic E-state index is -0.363. The number of nitrogens with two attached hydrogens (primary N) is 1. The normalized spacial score (nSPS) is 20.8. The number of carbonyl (C=O) groups excluding carboxylic acids is 1. The number of nitrogens with zero attached hydrogens (tertiary/aromatic N) is 3. The predicted octanol–water partition coefficient (Wildman–Crippen LogP) is 1.02. The smallest absolute Gasteiger partial charge is 0.239 e. The van der Waals surface area contributed by atoms with Gasteiger partial charge in [-0.05, 0) is 31.4 Å². The Balaban J connectivity index is 1.36. The number of rotatable bonds is 7. The van der Waals surface area contributed by atoms with Crippen molar-refractivity contribution < 1.29 is 9.53 Å². The number of benzene rings is 1. The van der Waals surface area contributed by atoms with Gasteiger partial charge in [-0.3, -0.25) is 9.69 Å². The third-order valence-corrected chi connectivity index (χ3v) is 5.84. The molecule has 1 atom stereocenters. The number of amides is 1. The van der Waals surface area contributed by atoms with Gasteiger partial charge in [-0.1, -0.05) is 30.3 Å². The summed E-state index contributed by atoms with van der Waals surface area (Å²) >= 11 is 0.